The molecule has 25 heavy (non-hydrogen) atoms. The van der Waals surface area contributed by atoms with Crippen LogP contribution in [-0.2, 0) is 0 Å². The molecule has 2 N–H and O–H groups in total. The first-order valence-corrected chi connectivity index (χ1v) is 8.19. The van der Waals surface area contributed by atoms with Crippen LogP contribution in [0.3, 0.4) is 0 Å². The number of fused-ring (bicyclic) bond motifs is 1. The normalized spacial score (nSPS) is 14.7. The molecule has 1 heterocycles. The number of Topliss-reactive ketones (excluding diaryl/α,β-unsaturated/α-hetero) is 1. The van der Waals surface area contributed by atoms with E-state index in [-0.39, 0.29) is 11.7 Å². The summed E-state index contributed by atoms with van der Waals surface area (Å²) < 4.78 is 1.90. The van der Waals surface area contributed by atoms with Crippen LogP contribution < -0.4 is 0 Å². The monoisotopic (exact) mass is 346 g/mol. The molecule has 0 aliphatic heterocycles. The van der Waals surface area contributed by atoms with E-state index in [9.17, 15) is 9.90 Å². The van der Waals surface area contributed by atoms with E-state index in [1.54, 1.807) is 18.2 Å². The van der Waals surface area contributed by atoms with Gasteiger partial charge in [-0.3, -0.25) is 9.36 Å². The zero-order chi connectivity index (χ0) is 17.4. The molecule has 4 rings (SSSR count). The number of ketones is 1. The second-order valence-electron chi connectivity index (χ2n) is 5.69. The lowest BCUT2D eigenvalue weighted by atomic mass is 9.92. The zero-order valence-electron chi connectivity index (χ0n) is 13.1. The minimum atomic E-state index is -0.0794. The van der Waals surface area contributed by atoms with E-state index < -0.39 is 0 Å². The number of aromatic hydroxyl groups is 1. The SMILES string of the molecule is O=C1/C(=C\c2[nH]c(=S)n(-c3ccccc3)c2O)C=Cc2ccccc21. The van der Waals surface area contributed by atoms with E-state index >= 15 is 0 Å². The number of para-hydroxylation sites is 1. The van der Waals surface area contributed by atoms with E-state index in [0.717, 1.165) is 11.3 Å². The van der Waals surface area contributed by atoms with Crippen molar-refractivity contribution in [2.45, 2.75) is 0 Å². The summed E-state index contributed by atoms with van der Waals surface area (Å²) in [5, 5.41) is 10.6. The van der Waals surface area contributed by atoms with Gasteiger partial charge in [-0.1, -0.05) is 54.6 Å². The van der Waals surface area contributed by atoms with Gasteiger partial charge < -0.3 is 10.1 Å². The number of H-pyrrole nitrogens is 1. The lowest BCUT2D eigenvalue weighted by Crippen LogP contribution is -2.07. The smallest absolute Gasteiger partial charge is 0.222 e. The van der Waals surface area contributed by atoms with Gasteiger partial charge >= 0.3 is 0 Å². The zero-order valence-corrected chi connectivity index (χ0v) is 14.0. The van der Waals surface area contributed by atoms with Gasteiger partial charge in [-0.15, -0.1) is 0 Å². The fraction of sp³-hybridized carbons (Fsp3) is 0. The molecule has 0 radical (unpaired) electrons. The number of nitrogens with one attached hydrogen (secondary N) is 1. The molecule has 0 amide bonds. The number of aromatic amines is 1. The molecule has 0 fully saturated rings. The maximum atomic E-state index is 12.6. The van der Waals surface area contributed by atoms with Crippen LogP contribution in [0, 0.1) is 4.77 Å². The highest BCUT2D eigenvalue weighted by molar-refractivity contribution is 7.71. The number of carbonyl (C=O) groups excluding carboxylic acids is 1. The van der Waals surface area contributed by atoms with Gasteiger partial charge in [0, 0.05) is 11.1 Å². The van der Waals surface area contributed by atoms with Crippen LogP contribution >= 0.6 is 12.2 Å². The first kappa shape index (κ1) is 15.4. The Balaban J connectivity index is 1.79. The van der Waals surface area contributed by atoms with Crippen LogP contribution in [0.2, 0.25) is 0 Å². The number of benzene rings is 2. The number of hydrogen-bond acceptors (Lipinski definition) is 3. The second kappa shape index (κ2) is 6.03. The number of carbonyl (C=O) groups is 1. The molecule has 3 aromatic rings. The van der Waals surface area contributed by atoms with Crippen LogP contribution in [0.25, 0.3) is 17.8 Å². The van der Waals surface area contributed by atoms with E-state index in [1.165, 1.54) is 4.57 Å². The lowest BCUT2D eigenvalue weighted by Gasteiger charge is -2.11. The first-order valence-electron chi connectivity index (χ1n) is 7.78. The summed E-state index contributed by atoms with van der Waals surface area (Å²) in [6.45, 7) is 0. The summed E-state index contributed by atoms with van der Waals surface area (Å²) in [7, 11) is 0. The van der Waals surface area contributed by atoms with Gasteiger partial charge in [0.05, 0.1) is 5.69 Å². The van der Waals surface area contributed by atoms with Crippen LogP contribution in [0.15, 0.2) is 66.2 Å². The van der Waals surface area contributed by atoms with Gasteiger partial charge in [-0.05, 0) is 36.0 Å². The number of aromatic nitrogens is 2. The summed E-state index contributed by atoms with van der Waals surface area (Å²) in [6, 6.07) is 16.8. The lowest BCUT2D eigenvalue weighted by molar-refractivity contribution is 0.103. The highest BCUT2D eigenvalue weighted by Crippen LogP contribution is 2.28. The standard InChI is InChI=1S/C20H14N2O2S/c23-18-14(11-10-13-6-4-5-9-16(13)18)12-17-19(24)22(20(25)21-17)15-7-2-1-3-8-15/h1-12,24H,(H,21,25)/b14-12-. The molecule has 0 atom stereocenters. The molecule has 1 aliphatic carbocycles. The third-order valence-corrected chi connectivity index (χ3v) is 4.41. The minimum absolute atomic E-state index is 0.0243. The molecule has 1 aromatic heterocycles. The maximum Gasteiger partial charge on any atom is 0.222 e. The predicted octanol–water partition coefficient (Wildman–Crippen LogP) is 4.53. The Morgan fingerprint density at radius 1 is 1.00 bits per heavy atom. The molecule has 0 spiro atoms. The first-order chi connectivity index (χ1) is 12.1. The summed E-state index contributed by atoms with van der Waals surface area (Å²) in [4.78, 5) is 15.6. The third kappa shape index (κ3) is 2.64. The summed E-state index contributed by atoms with van der Waals surface area (Å²) >= 11 is 5.32. The van der Waals surface area contributed by atoms with Crippen LogP contribution in [0.4, 0.5) is 0 Å². The third-order valence-electron chi connectivity index (χ3n) is 4.12. The van der Waals surface area contributed by atoms with Crippen molar-refractivity contribution in [2.24, 2.45) is 0 Å². The van der Waals surface area contributed by atoms with Gasteiger partial charge in [-0.25, -0.2) is 0 Å². The van der Waals surface area contributed by atoms with Gasteiger partial charge in [-0.2, -0.15) is 0 Å². The van der Waals surface area contributed by atoms with Crippen molar-refractivity contribution in [2.75, 3.05) is 0 Å². The molecule has 4 nitrogen and oxygen atoms in total. The Morgan fingerprint density at radius 3 is 2.52 bits per heavy atom. The van der Waals surface area contributed by atoms with Gasteiger partial charge in [0.15, 0.2) is 10.6 Å². The molecule has 0 bridgehead atoms. The molecule has 122 valence electrons. The van der Waals surface area contributed by atoms with Crippen LogP contribution in [0.5, 0.6) is 5.88 Å². The highest BCUT2D eigenvalue weighted by atomic mass is 32.1. The molecule has 0 saturated carbocycles. The van der Waals surface area contributed by atoms with Crippen molar-refractivity contribution in [1.29, 1.82) is 0 Å². The molecule has 0 unspecified atom stereocenters. The summed E-state index contributed by atoms with van der Waals surface area (Å²) in [5.74, 6) is -0.104. The van der Waals surface area contributed by atoms with Gasteiger partial charge in [0.2, 0.25) is 5.88 Å². The second-order valence-corrected chi connectivity index (χ2v) is 6.07. The van der Waals surface area contributed by atoms with Crippen molar-refractivity contribution in [1.82, 2.24) is 9.55 Å². The highest BCUT2D eigenvalue weighted by Gasteiger charge is 2.19. The summed E-state index contributed by atoms with van der Waals surface area (Å²) in [5.41, 5.74) is 3.19. The number of nitrogens with zero attached hydrogens (tertiary/aromatic N) is 1. The van der Waals surface area contributed by atoms with Crippen molar-refractivity contribution in [3.8, 4) is 11.6 Å². The largest absolute Gasteiger partial charge is 0.493 e. The molecule has 0 saturated heterocycles. The fourth-order valence-corrected chi connectivity index (χ4v) is 3.19. The topological polar surface area (TPSA) is 58.0 Å². The average Bonchev–Trinajstić information content (AvgIpc) is 2.92. The molecular weight excluding hydrogens is 332 g/mol. The molecular formula is C20H14N2O2S. The Kier molecular flexibility index (Phi) is 3.71. The quantitative estimate of drug-likeness (QED) is 0.529. The van der Waals surface area contributed by atoms with Crippen LogP contribution in [-0.4, -0.2) is 20.4 Å². The van der Waals surface area contributed by atoms with Crippen LogP contribution in [0.1, 0.15) is 21.6 Å². The molecule has 5 heteroatoms. The average molecular weight is 346 g/mol. The van der Waals surface area contributed by atoms with E-state index in [1.807, 2.05) is 54.6 Å². The fourth-order valence-electron chi connectivity index (χ4n) is 2.89. The van der Waals surface area contributed by atoms with E-state index in [0.29, 0.717) is 21.6 Å². The van der Waals surface area contributed by atoms with Crippen molar-refractivity contribution in [3.05, 3.63) is 87.8 Å². The molecule has 1 aliphatic rings. The Bertz CT molecular complexity index is 1090. The number of hydrogen-bond donors (Lipinski definition) is 2. The predicted molar refractivity (Wildman–Crippen MR) is 100 cm³/mol. The van der Waals surface area contributed by atoms with Crippen molar-refractivity contribution < 1.29 is 9.90 Å². The molecule has 2 aromatic carbocycles. The van der Waals surface area contributed by atoms with E-state index in [2.05, 4.69) is 4.98 Å². The number of imidazole rings is 1. The van der Waals surface area contributed by atoms with Crippen molar-refractivity contribution >= 4 is 30.2 Å². The Labute approximate surface area is 149 Å². The summed E-state index contributed by atoms with van der Waals surface area (Å²) in [6.07, 6.45) is 5.27. The van der Waals surface area contributed by atoms with Gasteiger partial charge in [0.1, 0.15) is 5.69 Å². The van der Waals surface area contributed by atoms with E-state index in [4.69, 9.17) is 12.2 Å². The Morgan fingerprint density at radius 2 is 1.72 bits per heavy atom. The number of allylic oxidation sites excluding steroid dienone is 2. The Hall–Kier alpha value is -3.18. The van der Waals surface area contributed by atoms with Gasteiger partial charge in [0.25, 0.3) is 0 Å². The number of rotatable bonds is 2. The maximum absolute atomic E-state index is 12.6. The van der Waals surface area contributed by atoms with Crippen molar-refractivity contribution in [3.63, 3.8) is 0 Å². The minimum Gasteiger partial charge on any atom is -0.493 e.